The van der Waals surface area contributed by atoms with E-state index in [1.807, 2.05) is 23.1 Å². The van der Waals surface area contributed by atoms with Crippen molar-refractivity contribution in [3.05, 3.63) is 48.0 Å². The topological polar surface area (TPSA) is 94.5 Å². The summed E-state index contributed by atoms with van der Waals surface area (Å²) in [5.41, 5.74) is 1.44. The van der Waals surface area contributed by atoms with E-state index in [1.165, 1.54) is 18.9 Å². The van der Waals surface area contributed by atoms with Crippen molar-refractivity contribution in [2.45, 2.75) is 17.7 Å². The number of methoxy groups -OCH3 is 3. The summed E-state index contributed by atoms with van der Waals surface area (Å²) in [6.07, 6.45) is 0.0812. The molecule has 0 unspecified atom stereocenters. The number of hydrogen-bond donors (Lipinski definition) is 0. The van der Waals surface area contributed by atoms with Gasteiger partial charge in [-0.15, -0.1) is 0 Å². The number of fused-ring (bicyclic) bond motifs is 1. The van der Waals surface area contributed by atoms with Gasteiger partial charge in [-0.1, -0.05) is 30.0 Å². The predicted octanol–water partition coefficient (Wildman–Crippen LogP) is 2.56. The first-order chi connectivity index (χ1) is 15.3. The molecule has 1 amide bonds. The third kappa shape index (κ3) is 4.42. The summed E-state index contributed by atoms with van der Waals surface area (Å²) in [7, 11) is 1.50. The van der Waals surface area contributed by atoms with Gasteiger partial charge in [-0.3, -0.25) is 4.79 Å². The average molecular weight is 477 g/mol. The Balaban J connectivity index is 1.64. The molecule has 170 valence electrons. The van der Waals surface area contributed by atoms with E-state index < -0.39 is 9.84 Å². The molecule has 2 aliphatic heterocycles. The maximum atomic E-state index is 12.9. The van der Waals surface area contributed by atoms with Crippen LogP contribution in [0, 0.1) is 0 Å². The number of para-hydroxylation sites is 2. The normalized spacial score (nSPS) is 22.6. The Bertz CT molecular complexity index is 1160. The first-order valence-corrected chi connectivity index (χ1v) is 12.7. The van der Waals surface area contributed by atoms with Gasteiger partial charge in [0, 0.05) is 5.25 Å². The molecule has 8 nitrogen and oxygen atoms in total. The van der Waals surface area contributed by atoms with Crippen LogP contribution in [0.15, 0.2) is 47.5 Å². The Hall–Kier alpha value is -2.72. The Morgan fingerprint density at radius 3 is 2.47 bits per heavy atom. The van der Waals surface area contributed by atoms with Crippen LogP contribution >= 0.6 is 11.8 Å². The summed E-state index contributed by atoms with van der Waals surface area (Å²) in [5, 5.41) is 0.308. The monoisotopic (exact) mass is 476 g/mol. The number of hydrogen-bond acceptors (Lipinski definition) is 7. The molecule has 2 saturated heterocycles. The summed E-state index contributed by atoms with van der Waals surface area (Å²) in [5.74, 6) is 1.47. The molecular weight excluding hydrogens is 452 g/mol. The number of aliphatic imine (C=N–C) groups is 1. The third-order valence-corrected chi connectivity index (χ3v) is 8.64. The molecule has 2 aromatic rings. The van der Waals surface area contributed by atoms with Crippen molar-refractivity contribution < 1.29 is 27.4 Å². The lowest BCUT2D eigenvalue weighted by Gasteiger charge is -2.26. The first-order valence-electron chi connectivity index (χ1n) is 9.97. The van der Waals surface area contributed by atoms with Gasteiger partial charge >= 0.3 is 0 Å². The Morgan fingerprint density at radius 2 is 1.75 bits per heavy atom. The lowest BCUT2D eigenvalue weighted by molar-refractivity contribution is -0.117. The highest BCUT2D eigenvalue weighted by Crippen LogP contribution is 2.43. The summed E-state index contributed by atoms with van der Waals surface area (Å²) < 4.78 is 40.6. The van der Waals surface area contributed by atoms with E-state index in [-0.39, 0.29) is 35.1 Å². The number of sulfone groups is 1. The van der Waals surface area contributed by atoms with Crippen molar-refractivity contribution in [2.24, 2.45) is 4.99 Å². The van der Waals surface area contributed by atoms with Crippen LogP contribution in [0.3, 0.4) is 0 Å². The summed E-state index contributed by atoms with van der Waals surface area (Å²) >= 11 is 1.33. The maximum Gasteiger partial charge on any atom is 0.252 e. The first kappa shape index (κ1) is 22.5. The molecule has 0 radical (unpaired) electrons. The number of carbonyl (C=O) groups is 1. The molecule has 0 aromatic heterocycles. The number of benzene rings is 2. The highest BCUT2D eigenvalue weighted by atomic mass is 32.2. The summed E-state index contributed by atoms with van der Waals surface area (Å²) in [6, 6.07) is 12.3. The average Bonchev–Trinajstić information content (AvgIpc) is 3.23. The molecule has 2 fully saturated rings. The lowest BCUT2D eigenvalue weighted by atomic mass is 10.1. The number of amides is 1. The quantitative estimate of drug-likeness (QED) is 0.628. The maximum absolute atomic E-state index is 12.9. The SMILES string of the molecule is COc1ccc(CC(=O)N=C2S[C@H]3CS(=O)(=O)C[C@H]3N2c2ccccc2OC)cc1OC. The zero-order chi connectivity index (χ0) is 22.9. The van der Waals surface area contributed by atoms with Gasteiger partial charge in [-0.05, 0) is 29.8 Å². The molecular formula is C22H24N2O6S2. The van der Waals surface area contributed by atoms with Gasteiger partial charge in [0.2, 0.25) is 0 Å². The van der Waals surface area contributed by atoms with Crippen LogP contribution in [0.5, 0.6) is 17.2 Å². The number of amidine groups is 1. The minimum absolute atomic E-state index is 0.0194. The predicted molar refractivity (Wildman–Crippen MR) is 125 cm³/mol. The Labute approximate surface area is 191 Å². The Kier molecular flexibility index (Phi) is 6.34. The number of carbonyl (C=O) groups excluding carboxylic acids is 1. The van der Waals surface area contributed by atoms with Gasteiger partial charge in [0.1, 0.15) is 5.75 Å². The lowest BCUT2D eigenvalue weighted by Crippen LogP contribution is -2.38. The standard InChI is InChI=1S/C22H24N2O6S2/c1-28-17-7-5-4-6-15(17)24-16-12-32(26,27)13-20(16)31-22(24)23-21(25)11-14-8-9-18(29-2)19(10-14)30-3/h4-10,16,20H,11-13H2,1-3H3/t16-,20+/m1/s1. The number of nitrogens with zero attached hydrogens (tertiary/aromatic N) is 2. The van der Waals surface area contributed by atoms with E-state index in [4.69, 9.17) is 14.2 Å². The molecule has 32 heavy (non-hydrogen) atoms. The molecule has 2 atom stereocenters. The molecule has 0 N–H and O–H groups in total. The van der Waals surface area contributed by atoms with E-state index in [1.54, 1.807) is 38.5 Å². The number of ether oxygens (including phenoxy) is 3. The van der Waals surface area contributed by atoms with E-state index in [2.05, 4.69) is 4.99 Å². The smallest absolute Gasteiger partial charge is 0.252 e. The molecule has 2 aromatic carbocycles. The van der Waals surface area contributed by atoms with Crippen LogP contribution < -0.4 is 19.1 Å². The van der Waals surface area contributed by atoms with Crippen LogP contribution in [0.2, 0.25) is 0 Å². The van der Waals surface area contributed by atoms with E-state index in [0.29, 0.717) is 28.1 Å². The van der Waals surface area contributed by atoms with Crippen molar-refractivity contribution in [1.82, 2.24) is 0 Å². The number of anilines is 1. The number of rotatable bonds is 6. The van der Waals surface area contributed by atoms with Gasteiger partial charge < -0.3 is 19.1 Å². The summed E-state index contributed by atoms with van der Waals surface area (Å²) in [4.78, 5) is 19.1. The second-order valence-corrected chi connectivity index (χ2v) is 10.9. The van der Waals surface area contributed by atoms with Crippen LogP contribution in [-0.2, 0) is 21.1 Å². The van der Waals surface area contributed by atoms with Crippen LogP contribution in [0.25, 0.3) is 0 Å². The minimum Gasteiger partial charge on any atom is -0.495 e. The van der Waals surface area contributed by atoms with Gasteiger partial charge in [0.15, 0.2) is 26.5 Å². The minimum atomic E-state index is -3.15. The highest BCUT2D eigenvalue weighted by Gasteiger charge is 2.50. The van der Waals surface area contributed by atoms with Gasteiger partial charge in [-0.2, -0.15) is 4.99 Å². The second kappa shape index (κ2) is 9.03. The van der Waals surface area contributed by atoms with Crippen molar-refractivity contribution in [3.63, 3.8) is 0 Å². The van der Waals surface area contributed by atoms with E-state index in [0.717, 1.165) is 5.56 Å². The molecule has 0 spiro atoms. The molecule has 4 rings (SSSR count). The summed E-state index contributed by atoms with van der Waals surface area (Å²) in [6.45, 7) is 0. The van der Waals surface area contributed by atoms with E-state index in [9.17, 15) is 13.2 Å². The van der Waals surface area contributed by atoms with Crippen LogP contribution in [0.4, 0.5) is 5.69 Å². The zero-order valence-corrected chi connectivity index (χ0v) is 19.6. The third-order valence-electron chi connectivity index (χ3n) is 5.43. The van der Waals surface area contributed by atoms with Gasteiger partial charge in [-0.25, -0.2) is 8.42 Å². The molecule has 2 heterocycles. The molecule has 0 aliphatic carbocycles. The van der Waals surface area contributed by atoms with Gasteiger partial charge in [0.25, 0.3) is 5.91 Å². The fraction of sp³-hybridized carbons (Fsp3) is 0.364. The zero-order valence-electron chi connectivity index (χ0n) is 18.0. The molecule has 0 bridgehead atoms. The van der Waals surface area contributed by atoms with Crippen molar-refractivity contribution in [2.75, 3.05) is 37.7 Å². The Morgan fingerprint density at radius 1 is 1.03 bits per heavy atom. The van der Waals surface area contributed by atoms with Crippen LogP contribution in [-0.4, -0.2) is 63.6 Å². The fourth-order valence-corrected chi connectivity index (χ4v) is 7.91. The second-order valence-electron chi connectivity index (χ2n) is 7.50. The molecule has 0 saturated carbocycles. The molecule has 10 heteroatoms. The van der Waals surface area contributed by atoms with E-state index >= 15 is 0 Å². The van der Waals surface area contributed by atoms with Gasteiger partial charge in [0.05, 0.1) is 51.0 Å². The van der Waals surface area contributed by atoms with Crippen molar-refractivity contribution in [3.8, 4) is 17.2 Å². The van der Waals surface area contributed by atoms with Crippen LogP contribution in [0.1, 0.15) is 5.56 Å². The highest BCUT2D eigenvalue weighted by molar-refractivity contribution is 8.16. The molecule has 2 aliphatic rings. The van der Waals surface area contributed by atoms with Crippen molar-refractivity contribution in [1.29, 1.82) is 0 Å². The van der Waals surface area contributed by atoms with Crippen molar-refractivity contribution >= 4 is 38.4 Å². The number of thioether (sulfide) groups is 1. The largest absolute Gasteiger partial charge is 0.495 e. The fourth-order valence-electron chi connectivity index (χ4n) is 3.99.